The number of benzene rings is 2. The number of carbonyl (C=O) groups excluding carboxylic acids is 4. The van der Waals surface area contributed by atoms with Crippen LogP contribution in [0.5, 0.6) is 5.75 Å². The molecule has 0 saturated heterocycles. The van der Waals surface area contributed by atoms with E-state index < -0.39 is 42.0 Å². The van der Waals surface area contributed by atoms with Gasteiger partial charge in [0.2, 0.25) is 5.91 Å². The van der Waals surface area contributed by atoms with Crippen molar-refractivity contribution in [2.24, 2.45) is 0 Å². The highest BCUT2D eigenvalue weighted by molar-refractivity contribution is 6.05. The Morgan fingerprint density at radius 1 is 1.17 bits per heavy atom. The van der Waals surface area contributed by atoms with E-state index in [1.54, 1.807) is 48.5 Å². The summed E-state index contributed by atoms with van der Waals surface area (Å²) in [4.78, 5) is 62.2. The largest absolute Gasteiger partial charge is 0.489 e. The van der Waals surface area contributed by atoms with Gasteiger partial charge >= 0.3 is 12.1 Å². The van der Waals surface area contributed by atoms with Gasteiger partial charge in [0.1, 0.15) is 37.3 Å². The van der Waals surface area contributed by atoms with Gasteiger partial charge in [0.15, 0.2) is 0 Å². The minimum atomic E-state index is -1.16. The fourth-order valence-corrected chi connectivity index (χ4v) is 3.59. The molecule has 2 aromatic carbocycles. The summed E-state index contributed by atoms with van der Waals surface area (Å²) < 4.78 is 10.9. The lowest BCUT2D eigenvalue weighted by atomic mass is 10.1. The number of nitrogens with one attached hydrogen (secondary N) is 2. The van der Waals surface area contributed by atoms with Crippen LogP contribution in [-0.2, 0) is 30.5 Å². The van der Waals surface area contributed by atoms with Gasteiger partial charge in [-0.1, -0.05) is 42.5 Å². The quantitative estimate of drug-likeness (QED) is 0.419. The number of carboxylic acid groups (broad SMARTS) is 1. The lowest BCUT2D eigenvalue weighted by molar-refractivity contribution is -0.137. The summed E-state index contributed by atoms with van der Waals surface area (Å²) in [5, 5.41) is 13.8. The van der Waals surface area contributed by atoms with Gasteiger partial charge in [-0.2, -0.15) is 0 Å². The van der Waals surface area contributed by atoms with Crippen molar-refractivity contribution in [3.63, 3.8) is 0 Å². The predicted octanol–water partition coefficient (Wildman–Crippen LogP) is 1.64. The number of anilines is 1. The van der Waals surface area contributed by atoms with Crippen molar-refractivity contribution in [3.05, 3.63) is 60.2 Å². The zero-order valence-corrected chi connectivity index (χ0v) is 19.6. The van der Waals surface area contributed by atoms with Gasteiger partial charge in [-0.05, 0) is 31.0 Å². The first-order chi connectivity index (χ1) is 17.3. The fraction of sp³-hybridized carbons (Fsp3) is 0.320. The normalized spacial score (nSPS) is 16.4. The maximum Gasteiger partial charge on any atom is 0.408 e. The van der Waals surface area contributed by atoms with Gasteiger partial charge in [-0.3, -0.25) is 19.3 Å². The van der Waals surface area contributed by atoms with Crippen LogP contribution in [0.15, 0.2) is 54.6 Å². The molecule has 0 spiro atoms. The highest BCUT2D eigenvalue weighted by atomic mass is 16.5. The molecule has 3 rings (SSSR count). The number of rotatable bonds is 10. The number of carbonyl (C=O) groups is 5. The van der Waals surface area contributed by atoms with Gasteiger partial charge < -0.3 is 30.0 Å². The van der Waals surface area contributed by atoms with Crippen molar-refractivity contribution in [1.82, 2.24) is 10.6 Å². The van der Waals surface area contributed by atoms with Crippen molar-refractivity contribution in [2.75, 3.05) is 11.5 Å². The Morgan fingerprint density at radius 2 is 1.86 bits per heavy atom. The average molecular weight is 498 g/mol. The number of hydrogen-bond donors (Lipinski definition) is 3. The molecule has 36 heavy (non-hydrogen) atoms. The molecule has 0 bridgehead atoms. The molecule has 3 amide bonds. The van der Waals surface area contributed by atoms with Crippen molar-refractivity contribution in [2.45, 2.75) is 44.5 Å². The summed E-state index contributed by atoms with van der Waals surface area (Å²) in [5.74, 6) is -2.07. The van der Waals surface area contributed by atoms with E-state index in [9.17, 15) is 24.0 Å². The van der Waals surface area contributed by atoms with Gasteiger partial charge in [0.05, 0.1) is 11.7 Å². The van der Waals surface area contributed by atoms with E-state index in [4.69, 9.17) is 14.6 Å². The molecule has 1 aliphatic rings. The van der Waals surface area contributed by atoms with Crippen molar-refractivity contribution in [1.29, 1.82) is 0 Å². The first-order valence-electron chi connectivity index (χ1n) is 11.3. The Hall–Kier alpha value is -4.41. The smallest absolute Gasteiger partial charge is 0.408 e. The van der Waals surface area contributed by atoms with E-state index in [2.05, 4.69) is 10.6 Å². The number of nitrogens with zero attached hydrogens (tertiary/aromatic N) is 1. The molecule has 1 heterocycles. The van der Waals surface area contributed by atoms with Crippen LogP contribution >= 0.6 is 0 Å². The first-order valence-corrected chi connectivity index (χ1v) is 11.3. The maximum absolute atomic E-state index is 13.5. The van der Waals surface area contributed by atoms with E-state index in [-0.39, 0.29) is 26.1 Å². The number of para-hydroxylation sites is 2. The van der Waals surface area contributed by atoms with Gasteiger partial charge in [0, 0.05) is 6.42 Å². The highest BCUT2D eigenvalue weighted by Crippen LogP contribution is 2.32. The molecular formula is C25H27N3O8. The fourth-order valence-electron chi connectivity index (χ4n) is 3.59. The molecule has 0 saturated carbocycles. The number of hydrogen-bond acceptors (Lipinski definition) is 7. The summed E-state index contributed by atoms with van der Waals surface area (Å²) in [7, 11) is 0. The molecule has 190 valence electrons. The monoisotopic (exact) mass is 497 g/mol. The van der Waals surface area contributed by atoms with E-state index in [0.29, 0.717) is 17.7 Å². The zero-order chi connectivity index (χ0) is 26.1. The Bertz CT molecular complexity index is 1110. The van der Waals surface area contributed by atoms with Crippen LogP contribution in [0.3, 0.4) is 0 Å². The van der Waals surface area contributed by atoms with Gasteiger partial charge in [-0.15, -0.1) is 0 Å². The SMILES string of the molecule is CC(C(=O)NC(C=O)CCC(=O)O)N1C(=O)C(NC(=O)OCc2ccccc2)COc2ccccc21. The van der Waals surface area contributed by atoms with Crippen molar-refractivity contribution in [3.8, 4) is 5.75 Å². The summed E-state index contributed by atoms with van der Waals surface area (Å²) >= 11 is 0. The Kier molecular flexibility index (Phi) is 8.98. The standard InChI is InChI=1S/C25H27N3O8/c1-16(23(32)26-18(13-29)11-12-22(30)31)28-20-9-5-6-10-21(20)35-15-19(24(28)33)27-25(34)36-14-17-7-3-2-4-8-17/h2-10,13,16,18-19H,11-12,14-15H2,1H3,(H,26,32)(H,27,34)(H,30,31). The summed E-state index contributed by atoms with van der Waals surface area (Å²) in [6.07, 6.45) is -0.794. The molecule has 2 aromatic rings. The molecule has 1 aliphatic heterocycles. The van der Waals surface area contributed by atoms with Crippen LogP contribution in [0.1, 0.15) is 25.3 Å². The third kappa shape index (κ3) is 6.81. The molecule has 0 radical (unpaired) electrons. The zero-order valence-electron chi connectivity index (χ0n) is 19.6. The molecule has 0 aromatic heterocycles. The third-order valence-corrected chi connectivity index (χ3v) is 5.50. The van der Waals surface area contributed by atoms with Gasteiger partial charge in [0.25, 0.3) is 5.91 Å². The lowest BCUT2D eigenvalue weighted by Gasteiger charge is -2.30. The summed E-state index contributed by atoms with van der Waals surface area (Å²) in [6.45, 7) is 1.26. The van der Waals surface area contributed by atoms with E-state index in [1.807, 2.05) is 6.07 Å². The van der Waals surface area contributed by atoms with Crippen LogP contribution in [0.4, 0.5) is 10.5 Å². The van der Waals surface area contributed by atoms with Crippen LogP contribution in [0.25, 0.3) is 0 Å². The van der Waals surface area contributed by atoms with E-state index in [1.165, 1.54) is 11.8 Å². The first kappa shape index (κ1) is 26.2. The molecule has 11 heteroatoms. The van der Waals surface area contributed by atoms with Crippen LogP contribution in [0.2, 0.25) is 0 Å². The summed E-state index contributed by atoms with van der Waals surface area (Å²) in [5.41, 5.74) is 1.07. The number of aliphatic carboxylic acids is 1. The predicted molar refractivity (Wildman–Crippen MR) is 127 cm³/mol. The Morgan fingerprint density at radius 3 is 2.56 bits per heavy atom. The number of ether oxygens (including phenoxy) is 2. The van der Waals surface area contributed by atoms with Crippen molar-refractivity contribution >= 4 is 35.9 Å². The third-order valence-electron chi connectivity index (χ3n) is 5.50. The second kappa shape index (κ2) is 12.3. The second-order valence-electron chi connectivity index (χ2n) is 8.11. The van der Waals surface area contributed by atoms with Crippen LogP contribution < -0.4 is 20.3 Å². The Labute approximate surface area is 207 Å². The molecule has 3 atom stereocenters. The maximum atomic E-state index is 13.5. The Balaban J connectivity index is 1.74. The lowest BCUT2D eigenvalue weighted by Crippen LogP contribution is -2.57. The van der Waals surface area contributed by atoms with Crippen LogP contribution in [-0.4, -0.2) is 60.0 Å². The van der Waals surface area contributed by atoms with E-state index in [0.717, 1.165) is 5.56 Å². The molecule has 3 N–H and O–H groups in total. The molecular weight excluding hydrogens is 470 g/mol. The number of aldehydes is 1. The number of amides is 3. The minimum Gasteiger partial charge on any atom is -0.489 e. The highest BCUT2D eigenvalue weighted by Gasteiger charge is 2.38. The molecule has 0 aliphatic carbocycles. The topological polar surface area (TPSA) is 151 Å². The molecule has 3 unspecified atom stereocenters. The second-order valence-corrected chi connectivity index (χ2v) is 8.11. The number of carboxylic acids is 1. The van der Waals surface area contributed by atoms with Gasteiger partial charge in [-0.25, -0.2) is 4.79 Å². The van der Waals surface area contributed by atoms with Crippen LogP contribution in [0, 0.1) is 0 Å². The summed E-state index contributed by atoms with van der Waals surface area (Å²) in [6, 6.07) is 12.3. The average Bonchev–Trinajstić information content (AvgIpc) is 3.01. The molecule has 0 fully saturated rings. The number of alkyl carbamates (subject to hydrolysis) is 1. The number of fused-ring (bicyclic) bond motifs is 1. The van der Waals surface area contributed by atoms with Crippen molar-refractivity contribution < 1.29 is 38.6 Å². The minimum absolute atomic E-state index is 0.000611. The molecule has 11 nitrogen and oxygen atoms in total. The van der Waals surface area contributed by atoms with E-state index >= 15 is 0 Å².